The van der Waals surface area contributed by atoms with E-state index < -0.39 is 0 Å². The molecule has 162 valence electrons. The Hall–Kier alpha value is -2.91. The van der Waals surface area contributed by atoms with Crippen LogP contribution in [0.2, 0.25) is 0 Å². The summed E-state index contributed by atoms with van der Waals surface area (Å²) < 4.78 is 10.8. The Morgan fingerprint density at radius 1 is 1.29 bits per heavy atom. The Labute approximate surface area is 184 Å². The van der Waals surface area contributed by atoms with E-state index in [0.29, 0.717) is 12.6 Å². The number of carbonyl (C=O) groups is 1. The molecule has 0 unspecified atom stereocenters. The lowest BCUT2D eigenvalue weighted by Gasteiger charge is -2.20. The zero-order valence-corrected chi connectivity index (χ0v) is 18.7. The van der Waals surface area contributed by atoms with Crippen LogP contribution in [0.3, 0.4) is 0 Å². The number of likely N-dealkylation sites (tertiary alicyclic amines) is 1. The molecule has 0 radical (unpaired) electrons. The van der Waals surface area contributed by atoms with Crippen molar-refractivity contribution in [2.24, 2.45) is 0 Å². The van der Waals surface area contributed by atoms with Crippen LogP contribution < -0.4 is 14.8 Å². The number of anilines is 1. The molecule has 4 heterocycles. The SMILES string of the molecule is Cc1c(C(=O)N2CC[C@@H](N(C)C)C2)sc2ncnc(NCc3ccc4c(c3)OCO4)c12. The molecule has 2 aliphatic heterocycles. The summed E-state index contributed by atoms with van der Waals surface area (Å²) in [6.45, 7) is 4.38. The molecule has 31 heavy (non-hydrogen) atoms. The van der Waals surface area contributed by atoms with Gasteiger partial charge in [-0.05, 0) is 50.7 Å². The van der Waals surface area contributed by atoms with Gasteiger partial charge >= 0.3 is 0 Å². The topological polar surface area (TPSA) is 79.8 Å². The molecule has 2 aromatic heterocycles. The lowest BCUT2D eigenvalue weighted by Crippen LogP contribution is -2.34. The van der Waals surface area contributed by atoms with E-state index in [0.717, 1.165) is 63.0 Å². The summed E-state index contributed by atoms with van der Waals surface area (Å²) in [7, 11) is 4.13. The maximum atomic E-state index is 13.2. The van der Waals surface area contributed by atoms with Crippen LogP contribution in [0.25, 0.3) is 10.2 Å². The van der Waals surface area contributed by atoms with Crippen molar-refractivity contribution in [1.82, 2.24) is 19.8 Å². The van der Waals surface area contributed by atoms with Crippen LogP contribution in [0.4, 0.5) is 5.82 Å². The van der Waals surface area contributed by atoms with E-state index in [1.54, 1.807) is 6.33 Å². The van der Waals surface area contributed by atoms with Crippen LogP contribution in [-0.2, 0) is 6.54 Å². The number of carbonyl (C=O) groups excluding carboxylic acids is 1. The largest absolute Gasteiger partial charge is 0.454 e. The molecule has 0 bridgehead atoms. The molecule has 1 amide bonds. The number of hydrogen-bond donors (Lipinski definition) is 1. The molecule has 8 nitrogen and oxygen atoms in total. The van der Waals surface area contributed by atoms with E-state index in [9.17, 15) is 4.79 Å². The van der Waals surface area contributed by atoms with Gasteiger partial charge in [-0.2, -0.15) is 0 Å². The van der Waals surface area contributed by atoms with Gasteiger partial charge in [0.2, 0.25) is 6.79 Å². The number of benzene rings is 1. The second kappa shape index (κ2) is 7.97. The molecule has 0 saturated carbocycles. The predicted octanol–water partition coefficient (Wildman–Crippen LogP) is 3.12. The highest BCUT2D eigenvalue weighted by Gasteiger charge is 2.30. The Balaban J connectivity index is 1.38. The summed E-state index contributed by atoms with van der Waals surface area (Å²) in [6.07, 6.45) is 2.55. The maximum Gasteiger partial charge on any atom is 0.264 e. The summed E-state index contributed by atoms with van der Waals surface area (Å²) in [5.74, 6) is 2.35. The molecule has 0 aliphatic carbocycles. The Morgan fingerprint density at radius 3 is 2.94 bits per heavy atom. The van der Waals surface area contributed by atoms with Crippen molar-refractivity contribution in [3.8, 4) is 11.5 Å². The molecule has 1 aromatic carbocycles. The zero-order valence-electron chi connectivity index (χ0n) is 17.8. The van der Waals surface area contributed by atoms with Crippen LogP contribution in [-0.4, -0.2) is 65.7 Å². The number of nitrogens with one attached hydrogen (secondary N) is 1. The first-order valence-electron chi connectivity index (χ1n) is 10.3. The summed E-state index contributed by atoms with van der Waals surface area (Å²) in [4.78, 5) is 27.8. The van der Waals surface area contributed by atoms with Gasteiger partial charge in [-0.15, -0.1) is 11.3 Å². The third-order valence-corrected chi connectivity index (χ3v) is 7.19. The first kappa shape index (κ1) is 20.0. The van der Waals surface area contributed by atoms with Gasteiger partial charge < -0.3 is 24.6 Å². The van der Waals surface area contributed by atoms with Crippen LogP contribution >= 0.6 is 11.3 Å². The normalized spacial score (nSPS) is 17.7. The van der Waals surface area contributed by atoms with Gasteiger partial charge in [0, 0.05) is 25.7 Å². The summed E-state index contributed by atoms with van der Waals surface area (Å²) in [6, 6.07) is 6.30. The van der Waals surface area contributed by atoms with Gasteiger partial charge in [0.05, 0.1) is 10.3 Å². The molecule has 1 atom stereocenters. The highest BCUT2D eigenvalue weighted by atomic mass is 32.1. The van der Waals surface area contributed by atoms with Crippen LogP contribution in [0.15, 0.2) is 24.5 Å². The molecule has 9 heteroatoms. The molecule has 1 fully saturated rings. The first-order chi connectivity index (χ1) is 15.0. The third-order valence-electron chi connectivity index (χ3n) is 6.00. The first-order valence-corrected chi connectivity index (χ1v) is 11.1. The van der Waals surface area contributed by atoms with E-state index in [2.05, 4.69) is 34.3 Å². The molecule has 3 aromatic rings. The fraction of sp³-hybridized carbons (Fsp3) is 0.409. The molecule has 5 rings (SSSR count). The summed E-state index contributed by atoms with van der Waals surface area (Å²) in [5.41, 5.74) is 2.00. The fourth-order valence-corrected chi connectivity index (χ4v) is 5.25. The molecule has 1 saturated heterocycles. The smallest absolute Gasteiger partial charge is 0.264 e. The minimum absolute atomic E-state index is 0.0894. The van der Waals surface area contributed by atoms with E-state index in [-0.39, 0.29) is 12.7 Å². The number of thiophene rings is 1. The molecule has 1 N–H and O–H groups in total. The van der Waals surface area contributed by atoms with Crippen LogP contribution in [0, 0.1) is 6.92 Å². The van der Waals surface area contributed by atoms with Crippen LogP contribution in [0.5, 0.6) is 11.5 Å². The average molecular weight is 440 g/mol. The minimum Gasteiger partial charge on any atom is -0.454 e. The lowest BCUT2D eigenvalue weighted by molar-refractivity contribution is 0.0787. The van der Waals surface area contributed by atoms with Crippen molar-refractivity contribution < 1.29 is 14.3 Å². The number of likely N-dealkylation sites (N-methyl/N-ethyl adjacent to an activating group) is 1. The number of amides is 1. The van der Waals surface area contributed by atoms with Gasteiger partial charge in [0.1, 0.15) is 17.0 Å². The third kappa shape index (κ3) is 3.68. The highest BCUT2D eigenvalue weighted by Crippen LogP contribution is 2.36. The van der Waals surface area contributed by atoms with Gasteiger partial charge in [0.15, 0.2) is 11.5 Å². The molecule has 2 aliphatic rings. The zero-order chi connectivity index (χ0) is 21.5. The van der Waals surface area contributed by atoms with E-state index in [1.807, 2.05) is 30.0 Å². The van der Waals surface area contributed by atoms with Gasteiger partial charge in [-0.1, -0.05) is 6.07 Å². The van der Waals surface area contributed by atoms with E-state index >= 15 is 0 Å². The minimum atomic E-state index is 0.0894. The fourth-order valence-electron chi connectivity index (χ4n) is 4.14. The van der Waals surface area contributed by atoms with Crippen molar-refractivity contribution in [2.75, 3.05) is 39.3 Å². The monoisotopic (exact) mass is 439 g/mol. The highest BCUT2D eigenvalue weighted by molar-refractivity contribution is 7.20. The molecule has 0 spiro atoms. The summed E-state index contributed by atoms with van der Waals surface area (Å²) in [5, 5.41) is 4.32. The number of hydrogen-bond acceptors (Lipinski definition) is 8. The van der Waals surface area contributed by atoms with E-state index in [4.69, 9.17) is 9.47 Å². The number of rotatable bonds is 5. The number of fused-ring (bicyclic) bond motifs is 2. The molecular weight excluding hydrogens is 414 g/mol. The number of aromatic nitrogens is 2. The van der Waals surface area contributed by atoms with Crippen molar-refractivity contribution in [3.05, 3.63) is 40.5 Å². The molecular formula is C22H25N5O3S. The second-order valence-electron chi connectivity index (χ2n) is 8.16. The average Bonchev–Trinajstić information content (AvgIpc) is 3.50. The van der Waals surface area contributed by atoms with Crippen molar-refractivity contribution >= 4 is 33.3 Å². The predicted molar refractivity (Wildman–Crippen MR) is 120 cm³/mol. The van der Waals surface area contributed by atoms with Gasteiger partial charge in [-0.25, -0.2) is 9.97 Å². The second-order valence-corrected chi connectivity index (χ2v) is 9.16. The number of ether oxygens (including phenoxy) is 2. The number of aryl methyl sites for hydroxylation is 1. The Morgan fingerprint density at radius 2 is 2.13 bits per heavy atom. The lowest BCUT2D eigenvalue weighted by atomic mass is 10.1. The Kier molecular flexibility index (Phi) is 5.15. The van der Waals surface area contributed by atoms with Crippen LogP contribution in [0.1, 0.15) is 27.2 Å². The Bertz CT molecular complexity index is 1150. The standard InChI is InChI=1S/C22H25N5O3S/c1-13-18-20(23-9-14-4-5-16-17(8-14)30-12-29-16)24-11-25-21(18)31-19(13)22(28)27-7-6-15(10-27)26(2)3/h4-5,8,11,15H,6-7,9-10,12H2,1-3H3,(H,23,24,25)/t15-/m1/s1. The van der Waals surface area contributed by atoms with Crippen molar-refractivity contribution in [2.45, 2.75) is 25.9 Å². The quantitative estimate of drug-likeness (QED) is 0.654. The maximum absolute atomic E-state index is 13.2. The van der Waals surface area contributed by atoms with Crippen molar-refractivity contribution in [3.63, 3.8) is 0 Å². The van der Waals surface area contributed by atoms with Gasteiger partial charge in [0.25, 0.3) is 5.91 Å². The number of nitrogens with zero attached hydrogens (tertiary/aromatic N) is 4. The van der Waals surface area contributed by atoms with Gasteiger partial charge in [-0.3, -0.25) is 4.79 Å². The van der Waals surface area contributed by atoms with Crippen molar-refractivity contribution in [1.29, 1.82) is 0 Å². The van der Waals surface area contributed by atoms with E-state index in [1.165, 1.54) is 11.3 Å². The summed E-state index contributed by atoms with van der Waals surface area (Å²) >= 11 is 1.45.